The molecule has 5 nitrogen and oxygen atoms in total. The van der Waals surface area contributed by atoms with Gasteiger partial charge in [0.2, 0.25) is 5.91 Å². The van der Waals surface area contributed by atoms with Crippen molar-refractivity contribution in [2.75, 3.05) is 13.1 Å². The Morgan fingerprint density at radius 1 is 1.19 bits per heavy atom. The monoisotopic (exact) mass is 368 g/mol. The third-order valence-corrected chi connectivity index (χ3v) is 6.22. The maximum absolute atomic E-state index is 12.9. The van der Waals surface area contributed by atoms with Crippen LogP contribution in [-0.4, -0.2) is 40.6 Å². The highest BCUT2D eigenvalue weighted by molar-refractivity contribution is 7.10. The van der Waals surface area contributed by atoms with Crippen LogP contribution in [0, 0.1) is 6.92 Å². The molecule has 1 unspecified atom stereocenters. The molecule has 0 spiro atoms. The maximum Gasteiger partial charge on any atom is 0.262 e. The lowest BCUT2D eigenvalue weighted by Gasteiger charge is -2.36. The zero-order chi connectivity index (χ0) is 18.4. The van der Waals surface area contributed by atoms with Crippen molar-refractivity contribution in [1.29, 1.82) is 0 Å². The van der Waals surface area contributed by atoms with E-state index in [2.05, 4.69) is 18.4 Å². The number of rotatable bonds is 3. The van der Waals surface area contributed by atoms with Crippen molar-refractivity contribution in [1.82, 2.24) is 9.80 Å². The normalized spacial score (nSPS) is 18.9. The number of benzene rings is 1. The third-order valence-electron chi connectivity index (χ3n) is 5.22. The zero-order valence-electron chi connectivity index (χ0n) is 14.8. The molecule has 3 heterocycles. The molecule has 0 fully saturated rings. The van der Waals surface area contributed by atoms with Gasteiger partial charge in [-0.1, -0.05) is 18.6 Å². The van der Waals surface area contributed by atoms with Crippen LogP contribution in [0.4, 0.5) is 0 Å². The minimum Gasteiger partial charge on any atom is -0.334 e. The molecule has 1 aromatic heterocycles. The molecule has 0 aliphatic carbocycles. The summed E-state index contributed by atoms with van der Waals surface area (Å²) in [6, 6.07) is 7.30. The highest BCUT2D eigenvalue weighted by Crippen LogP contribution is 2.35. The van der Waals surface area contributed by atoms with E-state index in [4.69, 9.17) is 0 Å². The Bertz CT molecular complexity index is 918. The summed E-state index contributed by atoms with van der Waals surface area (Å²) in [5.74, 6) is -0.914. The van der Waals surface area contributed by atoms with Gasteiger partial charge in [0, 0.05) is 11.4 Å². The molecule has 2 aliphatic heterocycles. The van der Waals surface area contributed by atoms with Crippen LogP contribution in [-0.2, 0) is 11.2 Å². The molecule has 2 aromatic rings. The summed E-state index contributed by atoms with van der Waals surface area (Å²) >= 11 is 1.73. The molecule has 3 amide bonds. The molecule has 134 valence electrons. The van der Waals surface area contributed by atoms with Crippen molar-refractivity contribution in [2.45, 2.75) is 32.7 Å². The minimum atomic E-state index is -0.375. The molecular weight excluding hydrogens is 348 g/mol. The fourth-order valence-corrected chi connectivity index (χ4v) is 4.84. The van der Waals surface area contributed by atoms with Crippen molar-refractivity contribution in [3.8, 4) is 0 Å². The van der Waals surface area contributed by atoms with E-state index in [1.54, 1.807) is 23.5 Å². The van der Waals surface area contributed by atoms with E-state index in [1.807, 2.05) is 17.9 Å². The van der Waals surface area contributed by atoms with E-state index in [1.165, 1.54) is 10.4 Å². The van der Waals surface area contributed by atoms with Crippen molar-refractivity contribution in [2.24, 2.45) is 0 Å². The molecule has 0 bridgehead atoms. The van der Waals surface area contributed by atoms with Gasteiger partial charge < -0.3 is 4.90 Å². The van der Waals surface area contributed by atoms with Crippen LogP contribution in [0.2, 0.25) is 0 Å². The molecule has 2 aliphatic rings. The molecule has 0 saturated heterocycles. The summed E-state index contributed by atoms with van der Waals surface area (Å²) in [4.78, 5) is 42.4. The molecule has 4 rings (SSSR count). The topological polar surface area (TPSA) is 57.7 Å². The number of carbonyl (C=O) groups is 3. The van der Waals surface area contributed by atoms with Crippen molar-refractivity contribution in [3.63, 3.8) is 0 Å². The SMILES string of the molecule is CCC1c2ccsc2CCN1C(=O)CN1C(=O)c2ccc(C)cc2C1=O. The summed E-state index contributed by atoms with van der Waals surface area (Å²) in [6.07, 6.45) is 1.65. The quantitative estimate of drug-likeness (QED) is 0.782. The van der Waals surface area contributed by atoms with Crippen LogP contribution in [0.15, 0.2) is 29.6 Å². The second-order valence-corrected chi connectivity index (χ2v) is 7.81. The van der Waals surface area contributed by atoms with Gasteiger partial charge in [0.05, 0.1) is 17.2 Å². The van der Waals surface area contributed by atoms with Crippen LogP contribution in [0.3, 0.4) is 0 Å². The first-order valence-corrected chi connectivity index (χ1v) is 9.71. The fourth-order valence-electron chi connectivity index (χ4n) is 3.91. The number of hydrogen-bond donors (Lipinski definition) is 0. The number of fused-ring (bicyclic) bond motifs is 2. The Morgan fingerprint density at radius 3 is 2.73 bits per heavy atom. The second kappa shape index (κ2) is 6.36. The van der Waals surface area contributed by atoms with Gasteiger partial charge in [-0.3, -0.25) is 19.3 Å². The maximum atomic E-state index is 12.9. The Kier molecular flexibility index (Phi) is 4.15. The first-order chi connectivity index (χ1) is 12.5. The molecule has 6 heteroatoms. The standard InChI is InChI=1S/C20H20N2O3S/c1-3-16-14-7-9-26-17(14)6-8-21(16)18(23)11-22-19(24)13-5-4-12(2)10-15(13)20(22)25/h4-5,7,9-10,16H,3,6,8,11H2,1-2H3. The van der Waals surface area contributed by atoms with Crippen molar-refractivity contribution in [3.05, 3.63) is 56.8 Å². The number of imide groups is 1. The Labute approximate surface area is 156 Å². The Morgan fingerprint density at radius 2 is 1.96 bits per heavy atom. The molecule has 1 atom stereocenters. The molecule has 26 heavy (non-hydrogen) atoms. The summed E-state index contributed by atoms with van der Waals surface area (Å²) in [5.41, 5.74) is 2.91. The minimum absolute atomic E-state index is 0.0231. The van der Waals surface area contributed by atoms with E-state index in [-0.39, 0.29) is 30.3 Å². The lowest BCUT2D eigenvalue weighted by Crippen LogP contribution is -2.46. The number of nitrogens with zero attached hydrogens (tertiary/aromatic N) is 2. The van der Waals surface area contributed by atoms with E-state index in [0.717, 1.165) is 23.3 Å². The highest BCUT2D eigenvalue weighted by atomic mass is 32.1. The second-order valence-electron chi connectivity index (χ2n) is 6.81. The summed E-state index contributed by atoms with van der Waals surface area (Å²) in [7, 11) is 0. The van der Waals surface area contributed by atoms with Crippen LogP contribution < -0.4 is 0 Å². The first-order valence-electron chi connectivity index (χ1n) is 8.83. The molecule has 0 radical (unpaired) electrons. The smallest absolute Gasteiger partial charge is 0.262 e. The van der Waals surface area contributed by atoms with Gasteiger partial charge in [0.15, 0.2) is 0 Å². The molecule has 0 N–H and O–H groups in total. The number of amides is 3. The van der Waals surface area contributed by atoms with Gasteiger partial charge in [0.25, 0.3) is 11.8 Å². The predicted molar refractivity (Wildman–Crippen MR) is 99.3 cm³/mol. The van der Waals surface area contributed by atoms with Crippen LogP contribution in [0.25, 0.3) is 0 Å². The van der Waals surface area contributed by atoms with Gasteiger partial charge in [0.1, 0.15) is 6.54 Å². The highest BCUT2D eigenvalue weighted by Gasteiger charge is 2.39. The van der Waals surface area contributed by atoms with Crippen molar-refractivity contribution < 1.29 is 14.4 Å². The molecule has 1 aromatic carbocycles. The number of carbonyl (C=O) groups excluding carboxylic acids is 3. The van der Waals surface area contributed by atoms with Crippen LogP contribution in [0.1, 0.15) is 56.1 Å². The summed E-state index contributed by atoms with van der Waals surface area (Å²) in [5, 5.41) is 2.06. The number of aryl methyl sites for hydroxylation is 1. The van der Waals surface area contributed by atoms with Gasteiger partial charge in [-0.15, -0.1) is 11.3 Å². The lowest BCUT2D eigenvalue weighted by molar-refractivity contribution is -0.134. The zero-order valence-corrected chi connectivity index (χ0v) is 15.6. The average molecular weight is 368 g/mol. The lowest BCUT2D eigenvalue weighted by atomic mass is 9.97. The van der Waals surface area contributed by atoms with Gasteiger partial charge in [-0.2, -0.15) is 0 Å². The van der Waals surface area contributed by atoms with E-state index in [9.17, 15) is 14.4 Å². The Hall–Kier alpha value is -2.47. The van der Waals surface area contributed by atoms with Crippen molar-refractivity contribution >= 4 is 29.1 Å². The van der Waals surface area contributed by atoms with Crippen LogP contribution in [0.5, 0.6) is 0 Å². The molecular formula is C20H20N2O3S. The van der Waals surface area contributed by atoms with E-state index in [0.29, 0.717) is 17.7 Å². The Balaban J connectivity index is 1.56. The average Bonchev–Trinajstić information content (AvgIpc) is 3.20. The number of thiophene rings is 1. The first kappa shape index (κ1) is 17.0. The third kappa shape index (κ3) is 2.56. The van der Waals surface area contributed by atoms with E-state index >= 15 is 0 Å². The number of hydrogen-bond acceptors (Lipinski definition) is 4. The summed E-state index contributed by atoms with van der Waals surface area (Å²) in [6.45, 7) is 4.38. The molecule has 0 saturated carbocycles. The predicted octanol–water partition coefficient (Wildman–Crippen LogP) is 3.19. The van der Waals surface area contributed by atoms with Gasteiger partial charge in [-0.05, 0) is 48.9 Å². The largest absolute Gasteiger partial charge is 0.334 e. The van der Waals surface area contributed by atoms with Gasteiger partial charge in [-0.25, -0.2) is 0 Å². The van der Waals surface area contributed by atoms with E-state index < -0.39 is 0 Å². The fraction of sp³-hybridized carbons (Fsp3) is 0.350. The van der Waals surface area contributed by atoms with Gasteiger partial charge >= 0.3 is 0 Å². The van der Waals surface area contributed by atoms with Crippen LogP contribution >= 0.6 is 11.3 Å². The summed E-state index contributed by atoms with van der Waals surface area (Å²) < 4.78 is 0.